The Morgan fingerprint density at radius 1 is 1.32 bits per heavy atom. The van der Waals surface area contributed by atoms with Crippen LogP contribution in [0.15, 0.2) is 30.3 Å². The van der Waals surface area contributed by atoms with Crippen molar-refractivity contribution >= 4 is 10.9 Å². The zero-order chi connectivity index (χ0) is 13.8. The van der Waals surface area contributed by atoms with Crippen molar-refractivity contribution in [2.45, 2.75) is 26.3 Å². The molecule has 0 fully saturated rings. The van der Waals surface area contributed by atoms with E-state index in [4.69, 9.17) is 10.5 Å². The molecule has 2 atom stereocenters. The molecule has 2 unspecified atom stereocenters. The highest BCUT2D eigenvalue weighted by molar-refractivity contribution is 5.82. The van der Waals surface area contributed by atoms with Gasteiger partial charge in [-0.3, -0.25) is 4.98 Å². The summed E-state index contributed by atoms with van der Waals surface area (Å²) in [5, 5.41) is 1.16. The molecule has 0 aliphatic carbocycles. The van der Waals surface area contributed by atoms with Crippen molar-refractivity contribution < 1.29 is 4.74 Å². The lowest BCUT2D eigenvalue weighted by Crippen LogP contribution is -2.21. The van der Waals surface area contributed by atoms with Crippen LogP contribution in [0.4, 0.5) is 0 Å². The van der Waals surface area contributed by atoms with E-state index in [0.29, 0.717) is 5.92 Å². The Kier molecular flexibility index (Phi) is 4.51. The number of benzene rings is 1. The van der Waals surface area contributed by atoms with E-state index in [1.165, 1.54) is 5.56 Å². The van der Waals surface area contributed by atoms with Gasteiger partial charge in [0, 0.05) is 30.8 Å². The van der Waals surface area contributed by atoms with Gasteiger partial charge in [0.05, 0.1) is 5.52 Å². The summed E-state index contributed by atoms with van der Waals surface area (Å²) in [6, 6.07) is 10.3. The zero-order valence-corrected chi connectivity index (χ0v) is 11.9. The SMILES string of the molecule is COCCC(C)C(N)c1cc(C)nc2ccccc12. The van der Waals surface area contributed by atoms with Crippen molar-refractivity contribution in [3.05, 3.63) is 41.6 Å². The average molecular weight is 258 g/mol. The van der Waals surface area contributed by atoms with Gasteiger partial charge in [-0.2, -0.15) is 0 Å². The van der Waals surface area contributed by atoms with Crippen molar-refractivity contribution in [1.82, 2.24) is 4.98 Å². The van der Waals surface area contributed by atoms with Gasteiger partial charge in [0.25, 0.3) is 0 Å². The molecule has 0 spiro atoms. The van der Waals surface area contributed by atoms with Gasteiger partial charge in [-0.15, -0.1) is 0 Å². The van der Waals surface area contributed by atoms with Gasteiger partial charge >= 0.3 is 0 Å². The molecule has 0 saturated carbocycles. The van der Waals surface area contributed by atoms with E-state index >= 15 is 0 Å². The van der Waals surface area contributed by atoms with Crippen molar-refractivity contribution in [3.63, 3.8) is 0 Å². The molecule has 3 heteroatoms. The lowest BCUT2D eigenvalue weighted by Gasteiger charge is -2.22. The summed E-state index contributed by atoms with van der Waals surface area (Å²) in [5.74, 6) is 0.380. The van der Waals surface area contributed by atoms with Crippen molar-refractivity contribution in [2.24, 2.45) is 11.7 Å². The first kappa shape index (κ1) is 14.0. The number of aromatic nitrogens is 1. The highest BCUT2D eigenvalue weighted by Gasteiger charge is 2.17. The lowest BCUT2D eigenvalue weighted by molar-refractivity contribution is 0.174. The van der Waals surface area contributed by atoms with Crippen LogP contribution in [0.25, 0.3) is 10.9 Å². The number of methoxy groups -OCH3 is 1. The van der Waals surface area contributed by atoms with Crippen LogP contribution in [0.3, 0.4) is 0 Å². The first-order chi connectivity index (χ1) is 9.13. The molecule has 1 aromatic heterocycles. The number of ether oxygens (including phenoxy) is 1. The smallest absolute Gasteiger partial charge is 0.0708 e. The largest absolute Gasteiger partial charge is 0.385 e. The molecule has 2 N–H and O–H groups in total. The summed E-state index contributed by atoms with van der Waals surface area (Å²) in [6.45, 7) is 4.94. The average Bonchev–Trinajstić information content (AvgIpc) is 2.42. The molecule has 0 aliphatic rings. The number of hydrogen-bond donors (Lipinski definition) is 1. The Bertz CT molecular complexity index is 553. The second-order valence-electron chi connectivity index (χ2n) is 5.15. The highest BCUT2D eigenvalue weighted by Crippen LogP contribution is 2.28. The number of aryl methyl sites for hydroxylation is 1. The zero-order valence-electron chi connectivity index (χ0n) is 11.9. The van der Waals surface area contributed by atoms with E-state index in [1.807, 2.05) is 25.1 Å². The summed E-state index contributed by atoms with van der Waals surface area (Å²) < 4.78 is 5.14. The van der Waals surface area contributed by atoms with Gasteiger partial charge in [0.1, 0.15) is 0 Å². The number of fused-ring (bicyclic) bond motifs is 1. The molecule has 102 valence electrons. The Morgan fingerprint density at radius 2 is 2.05 bits per heavy atom. The molecule has 0 amide bonds. The molecular weight excluding hydrogens is 236 g/mol. The maximum atomic E-state index is 6.43. The monoisotopic (exact) mass is 258 g/mol. The molecule has 0 radical (unpaired) electrons. The van der Waals surface area contributed by atoms with Crippen LogP contribution in [0, 0.1) is 12.8 Å². The van der Waals surface area contributed by atoms with Crippen molar-refractivity contribution in [3.8, 4) is 0 Å². The lowest BCUT2D eigenvalue weighted by atomic mass is 9.90. The highest BCUT2D eigenvalue weighted by atomic mass is 16.5. The minimum atomic E-state index is 0.0155. The van der Waals surface area contributed by atoms with Crippen LogP contribution in [-0.2, 0) is 4.74 Å². The molecule has 0 aliphatic heterocycles. The van der Waals surface area contributed by atoms with Crippen LogP contribution >= 0.6 is 0 Å². The summed E-state index contributed by atoms with van der Waals surface area (Å²) in [7, 11) is 1.73. The molecule has 19 heavy (non-hydrogen) atoms. The third-order valence-corrected chi connectivity index (χ3v) is 3.63. The third kappa shape index (κ3) is 3.11. The Balaban J connectivity index is 2.38. The quantitative estimate of drug-likeness (QED) is 0.895. The van der Waals surface area contributed by atoms with Gasteiger partial charge in [-0.05, 0) is 37.0 Å². The first-order valence-corrected chi connectivity index (χ1v) is 6.74. The van der Waals surface area contributed by atoms with Crippen LogP contribution in [-0.4, -0.2) is 18.7 Å². The van der Waals surface area contributed by atoms with Crippen LogP contribution in [0.5, 0.6) is 0 Å². The topological polar surface area (TPSA) is 48.1 Å². The molecule has 1 aromatic carbocycles. The molecule has 0 bridgehead atoms. The van der Waals surface area contributed by atoms with Crippen LogP contribution in [0.1, 0.15) is 30.6 Å². The number of hydrogen-bond acceptors (Lipinski definition) is 3. The fourth-order valence-corrected chi connectivity index (χ4v) is 2.41. The van der Waals surface area contributed by atoms with Gasteiger partial charge < -0.3 is 10.5 Å². The Hall–Kier alpha value is -1.45. The Morgan fingerprint density at radius 3 is 2.79 bits per heavy atom. The predicted molar refractivity (Wildman–Crippen MR) is 79.1 cm³/mol. The maximum Gasteiger partial charge on any atom is 0.0708 e. The summed E-state index contributed by atoms with van der Waals surface area (Å²) in [6.07, 6.45) is 0.966. The Labute approximate surface area is 114 Å². The van der Waals surface area contributed by atoms with Gasteiger partial charge in [0.15, 0.2) is 0 Å². The number of para-hydroxylation sites is 1. The normalized spacial score (nSPS) is 14.5. The number of nitrogens with two attached hydrogens (primary N) is 1. The summed E-state index contributed by atoms with van der Waals surface area (Å²) in [5.41, 5.74) is 9.65. The summed E-state index contributed by atoms with van der Waals surface area (Å²) >= 11 is 0. The van der Waals surface area contributed by atoms with E-state index in [0.717, 1.165) is 29.6 Å². The van der Waals surface area contributed by atoms with E-state index in [1.54, 1.807) is 7.11 Å². The standard InChI is InChI=1S/C16H22N2O/c1-11(8-9-19-3)16(17)14-10-12(2)18-15-7-5-4-6-13(14)15/h4-7,10-11,16H,8-9,17H2,1-3H3. The van der Waals surface area contributed by atoms with E-state index < -0.39 is 0 Å². The molecule has 0 saturated heterocycles. The van der Waals surface area contributed by atoms with E-state index in [2.05, 4.69) is 24.0 Å². The van der Waals surface area contributed by atoms with Gasteiger partial charge in [-0.25, -0.2) is 0 Å². The number of pyridine rings is 1. The maximum absolute atomic E-state index is 6.43. The third-order valence-electron chi connectivity index (χ3n) is 3.63. The fraction of sp³-hybridized carbons (Fsp3) is 0.438. The van der Waals surface area contributed by atoms with Crippen molar-refractivity contribution in [1.29, 1.82) is 0 Å². The second kappa shape index (κ2) is 6.13. The molecule has 1 heterocycles. The van der Waals surface area contributed by atoms with E-state index in [9.17, 15) is 0 Å². The van der Waals surface area contributed by atoms with Crippen molar-refractivity contribution in [2.75, 3.05) is 13.7 Å². The molecule has 2 rings (SSSR count). The summed E-state index contributed by atoms with van der Waals surface area (Å²) in [4.78, 5) is 4.56. The molecular formula is C16H22N2O. The second-order valence-corrected chi connectivity index (χ2v) is 5.15. The molecule has 2 aromatic rings. The minimum Gasteiger partial charge on any atom is -0.385 e. The predicted octanol–water partition coefficient (Wildman–Crippen LogP) is 3.22. The van der Waals surface area contributed by atoms with Crippen LogP contribution < -0.4 is 5.73 Å². The van der Waals surface area contributed by atoms with E-state index in [-0.39, 0.29) is 6.04 Å². The fourth-order valence-electron chi connectivity index (χ4n) is 2.41. The van der Waals surface area contributed by atoms with Gasteiger partial charge in [0.2, 0.25) is 0 Å². The number of nitrogens with zero attached hydrogens (tertiary/aromatic N) is 1. The number of rotatable bonds is 5. The minimum absolute atomic E-state index is 0.0155. The van der Waals surface area contributed by atoms with Crippen LogP contribution in [0.2, 0.25) is 0 Å². The van der Waals surface area contributed by atoms with Gasteiger partial charge in [-0.1, -0.05) is 25.1 Å². The molecule has 3 nitrogen and oxygen atoms in total. The first-order valence-electron chi connectivity index (χ1n) is 6.74.